The number of hydrogen-bond donors (Lipinski definition) is 0. The Bertz CT molecular complexity index is 718. The van der Waals surface area contributed by atoms with Crippen molar-refractivity contribution < 1.29 is 23.7 Å². The lowest BCUT2D eigenvalue weighted by molar-refractivity contribution is -0.123. The van der Waals surface area contributed by atoms with Gasteiger partial charge in [-0.1, -0.05) is 24.0 Å². The Morgan fingerprint density at radius 1 is 1.27 bits per heavy atom. The monoisotopic (exact) mass is 395 g/mol. The zero-order valence-electron chi connectivity index (χ0n) is 14.9. The fourth-order valence-electron chi connectivity index (χ4n) is 2.99. The molecule has 0 radical (unpaired) electrons. The van der Waals surface area contributed by atoms with E-state index >= 15 is 0 Å². The van der Waals surface area contributed by atoms with Crippen LogP contribution in [-0.2, 0) is 9.53 Å². The lowest BCUT2D eigenvalue weighted by Gasteiger charge is -2.18. The molecule has 6 nitrogen and oxygen atoms in total. The lowest BCUT2D eigenvalue weighted by atomic mass is 10.1. The van der Waals surface area contributed by atoms with Crippen molar-refractivity contribution in [3.05, 3.63) is 22.6 Å². The van der Waals surface area contributed by atoms with Gasteiger partial charge >= 0.3 is 0 Å². The first-order valence-corrected chi connectivity index (χ1v) is 9.46. The first-order chi connectivity index (χ1) is 12.6. The predicted octanol–water partition coefficient (Wildman–Crippen LogP) is 3.09. The quantitative estimate of drug-likeness (QED) is 0.542. The minimum Gasteiger partial charge on any atom is -0.493 e. The maximum absolute atomic E-state index is 12.7. The zero-order chi connectivity index (χ0) is 18.7. The Balaban J connectivity index is 1.85. The summed E-state index contributed by atoms with van der Waals surface area (Å²) in [5, 5.41) is 0. The molecule has 0 spiro atoms. The number of carbonyl (C=O) groups excluding carboxylic acids is 1. The van der Waals surface area contributed by atoms with E-state index in [1.54, 1.807) is 44.4 Å². The molecule has 1 aromatic carbocycles. The van der Waals surface area contributed by atoms with E-state index in [4.69, 9.17) is 31.2 Å². The van der Waals surface area contributed by atoms with Crippen LogP contribution in [-0.4, -0.2) is 55.7 Å². The first kappa shape index (κ1) is 19.0. The van der Waals surface area contributed by atoms with Crippen molar-refractivity contribution in [2.24, 2.45) is 0 Å². The van der Waals surface area contributed by atoms with E-state index in [9.17, 15) is 4.79 Å². The summed E-state index contributed by atoms with van der Waals surface area (Å²) in [6, 6.07) is 3.60. The van der Waals surface area contributed by atoms with Crippen LogP contribution in [0.4, 0.5) is 0 Å². The Labute approximate surface area is 162 Å². The molecule has 2 fully saturated rings. The molecule has 2 aliphatic heterocycles. The first-order valence-electron chi connectivity index (χ1n) is 8.24. The molecule has 26 heavy (non-hydrogen) atoms. The van der Waals surface area contributed by atoms with Gasteiger partial charge in [0.15, 0.2) is 11.5 Å². The van der Waals surface area contributed by atoms with Crippen molar-refractivity contribution in [1.29, 1.82) is 0 Å². The summed E-state index contributed by atoms with van der Waals surface area (Å²) >= 11 is 6.68. The molecule has 0 unspecified atom stereocenters. The van der Waals surface area contributed by atoms with Gasteiger partial charge < -0.3 is 18.9 Å². The Hall–Kier alpha value is -1.77. The second-order valence-electron chi connectivity index (χ2n) is 5.89. The normalized spacial score (nSPS) is 21.6. The number of amides is 1. The van der Waals surface area contributed by atoms with Crippen molar-refractivity contribution in [2.75, 3.05) is 34.5 Å². The summed E-state index contributed by atoms with van der Waals surface area (Å²) in [6.07, 6.45) is 3.85. The summed E-state index contributed by atoms with van der Waals surface area (Å²) in [4.78, 5) is 14.9. The Morgan fingerprint density at radius 2 is 1.96 bits per heavy atom. The van der Waals surface area contributed by atoms with Gasteiger partial charge in [-0.3, -0.25) is 9.69 Å². The number of thioether (sulfide) groups is 1. The maximum Gasteiger partial charge on any atom is 0.266 e. The number of nitrogens with zero attached hydrogens (tertiary/aromatic N) is 1. The van der Waals surface area contributed by atoms with Gasteiger partial charge in [0.2, 0.25) is 5.75 Å². The molecule has 1 aromatic rings. The highest BCUT2D eigenvalue weighted by atomic mass is 32.2. The van der Waals surface area contributed by atoms with Crippen LogP contribution in [0.1, 0.15) is 18.4 Å². The average molecular weight is 396 g/mol. The third-order valence-electron chi connectivity index (χ3n) is 4.27. The number of ether oxygens (including phenoxy) is 4. The van der Waals surface area contributed by atoms with Gasteiger partial charge in [0, 0.05) is 6.61 Å². The van der Waals surface area contributed by atoms with Crippen LogP contribution in [0.15, 0.2) is 17.0 Å². The SMILES string of the molecule is COc1cc(/C=C2\SC(=S)N(C[C@@H]3CCCO3)C2=O)cc(OC)c1OC. The number of rotatable bonds is 6. The summed E-state index contributed by atoms with van der Waals surface area (Å²) in [5.74, 6) is 1.49. The molecule has 2 aliphatic rings. The van der Waals surface area contributed by atoms with E-state index in [0.29, 0.717) is 33.0 Å². The van der Waals surface area contributed by atoms with Crippen LogP contribution in [0.25, 0.3) is 6.08 Å². The number of hydrogen-bond acceptors (Lipinski definition) is 7. The van der Waals surface area contributed by atoms with Gasteiger partial charge in [-0.05, 0) is 36.6 Å². The molecule has 0 saturated carbocycles. The van der Waals surface area contributed by atoms with E-state index in [1.165, 1.54) is 11.8 Å². The molecule has 8 heteroatoms. The van der Waals surface area contributed by atoms with E-state index in [1.807, 2.05) is 0 Å². The van der Waals surface area contributed by atoms with Gasteiger partial charge in [0.1, 0.15) is 4.32 Å². The second kappa shape index (κ2) is 8.28. The van der Waals surface area contributed by atoms with Crippen LogP contribution in [0.5, 0.6) is 17.2 Å². The van der Waals surface area contributed by atoms with Crippen molar-refractivity contribution in [3.63, 3.8) is 0 Å². The molecule has 0 N–H and O–H groups in total. The molecule has 1 atom stereocenters. The summed E-state index contributed by atoms with van der Waals surface area (Å²) < 4.78 is 22.2. The molecular formula is C18H21NO5S2. The standard InChI is InChI=1S/C18H21NO5S2/c1-21-13-7-11(8-14(22-2)16(13)23-3)9-15-17(20)19(18(25)26-15)10-12-5-4-6-24-12/h7-9,12H,4-6,10H2,1-3H3/b15-9-/t12-/m0/s1. The smallest absolute Gasteiger partial charge is 0.266 e. The number of carbonyl (C=O) groups is 1. The average Bonchev–Trinajstić information content (AvgIpc) is 3.25. The van der Waals surface area contributed by atoms with Crippen molar-refractivity contribution in [3.8, 4) is 17.2 Å². The fourth-order valence-corrected chi connectivity index (χ4v) is 4.26. The van der Waals surface area contributed by atoms with Gasteiger partial charge in [-0.15, -0.1) is 0 Å². The lowest BCUT2D eigenvalue weighted by Crippen LogP contribution is -2.35. The van der Waals surface area contributed by atoms with Crippen molar-refractivity contribution in [1.82, 2.24) is 4.90 Å². The highest BCUT2D eigenvalue weighted by Crippen LogP contribution is 2.40. The molecule has 1 amide bonds. The maximum atomic E-state index is 12.7. The minimum atomic E-state index is -0.0933. The van der Waals surface area contributed by atoms with Crippen LogP contribution in [0.2, 0.25) is 0 Å². The van der Waals surface area contributed by atoms with E-state index < -0.39 is 0 Å². The molecule has 2 saturated heterocycles. The predicted molar refractivity (Wildman–Crippen MR) is 105 cm³/mol. The Kier molecular flexibility index (Phi) is 6.05. The molecular weight excluding hydrogens is 374 g/mol. The third kappa shape index (κ3) is 3.82. The van der Waals surface area contributed by atoms with Crippen molar-refractivity contribution in [2.45, 2.75) is 18.9 Å². The fraction of sp³-hybridized carbons (Fsp3) is 0.444. The topological polar surface area (TPSA) is 57.2 Å². The van der Waals surface area contributed by atoms with Crippen LogP contribution in [0.3, 0.4) is 0 Å². The molecule has 3 rings (SSSR count). The Morgan fingerprint density at radius 3 is 2.50 bits per heavy atom. The highest BCUT2D eigenvalue weighted by molar-refractivity contribution is 8.26. The molecule has 2 heterocycles. The molecule has 0 aliphatic carbocycles. The summed E-state index contributed by atoms with van der Waals surface area (Å²) in [6.45, 7) is 1.26. The number of methoxy groups -OCH3 is 3. The zero-order valence-corrected chi connectivity index (χ0v) is 16.6. The molecule has 0 aromatic heterocycles. The number of benzene rings is 1. The van der Waals surface area contributed by atoms with Gasteiger partial charge in [0.25, 0.3) is 5.91 Å². The number of thiocarbonyl (C=S) groups is 1. The minimum absolute atomic E-state index is 0.0676. The van der Waals surface area contributed by atoms with E-state index in [-0.39, 0.29) is 12.0 Å². The van der Waals surface area contributed by atoms with E-state index in [0.717, 1.165) is 25.0 Å². The van der Waals surface area contributed by atoms with Crippen LogP contribution < -0.4 is 14.2 Å². The molecule has 0 bridgehead atoms. The largest absolute Gasteiger partial charge is 0.493 e. The third-order valence-corrected chi connectivity index (χ3v) is 5.65. The summed E-state index contributed by atoms with van der Waals surface area (Å²) in [5.41, 5.74) is 0.775. The van der Waals surface area contributed by atoms with Gasteiger partial charge in [-0.25, -0.2) is 0 Å². The van der Waals surface area contributed by atoms with Crippen molar-refractivity contribution >= 4 is 40.3 Å². The van der Waals surface area contributed by atoms with Crippen LogP contribution in [0, 0.1) is 0 Å². The second-order valence-corrected chi connectivity index (χ2v) is 7.56. The highest BCUT2D eigenvalue weighted by Gasteiger charge is 2.34. The van der Waals surface area contributed by atoms with Crippen LogP contribution >= 0.6 is 24.0 Å². The van der Waals surface area contributed by atoms with E-state index in [2.05, 4.69) is 0 Å². The summed E-state index contributed by atoms with van der Waals surface area (Å²) in [7, 11) is 4.67. The molecule has 140 valence electrons. The van der Waals surface area contributed by atoms with Gasteiger partial charge in [0.05, 0.1) is 38.9 Å². The van der Waals surface area contributed by atoms with Gasteiger partial charge in [-0.2, -0.15) is 0 Å².